The maximum Gasteiger partial charge on any atom is 0.0992 e. The maximum absolute atomic E-state index is 6.02. The van der Waals surface area contributed by atoms with E-state index in [1.807, 2.05) is 41.4 Å². The zero-order valence-corrected chi connectivity index (χ0v) is 12.3. The second-order valence-electron chi connectivity index (χ2n) is 4.36. The maximum atomic E-state index is 6.02. The third-order valence-corrected chi connectivity index (χ3v) is 4.30. The van der Waals surface area contributed by atoms with Crippen molar-refractivity contribution in [2.45, 2.75) is 10.6 Å². The summed E-state index contributed by atoms with van der Waals surface area (Å²) in [5.74, 6) is 0.895. The summed E-state index contributed by atoms with van der Waals surface area (Å²) in [6, 6.07) is 16.3. The van der Waals surface area contributed by atoms with Crippen LogP contribution in [0.5, 0.6) is 0 Å². The second kappa shape index (κ2) is 6.16. The van der Waals surface area contributed by atoms with Gasteiger partial charge in [0.05, 0.1) is 12.0 Å². The quantitative estimate of drug-likeness (QED) is 0.643. The van der Waals surface area contributed by atoms with Gasteiger partial charge in [0, 0.05) is 28.1 Å². The van der Waals surface area contributed by atoms with Crippen LogP contribution in [0.15, 0.2) is 72.1 Å². The molecule has 2 nitrogen and oxygen atoms in total. The Bertz CT molecular complexity index is 695. The van der Waals surface area contributed by atoms with E-state index in [0.29, 0.717) is 0 Å². The first-order valence-corrected chi connectivity index (χ1v) is 7.64. The van der Waals surface area contributed by atoms with E-state index in [1.165, 1.54) is 10.5 Å². The van der Waals surface area contributed by atoms with E-state index >= 15 is 0 Å². The summed E-state index contributed by atoms with van der Waals surface area (Å²) in [5.41, 5.74) is 2.37. The largest absolute Gasteiger partial charge is 0.305 e. The third-order valence-electron chi connectivity index (χ3n) is 2.93. The summed E-state index contributed by atoms with van der Waals surface area (Å²) in [4.78, 5) is 5.33. The molecular formula is C16H13ClN2S. The lowest BCUT2D eigenvalue weighted by Gasteiger charge is -2.09. The highest BCUT2D eigenvalue weighted by Crippen LogP contribution is 2.29. The highest BCUT2D eigenvalue weighted by Gasteiger charge is 2.04. The Kier molecular flexibility index (Phi) is 4.09. The van der Waals surface area contributed by atoms with Gasteiger partial charge in [-0.2, -0.15) is 0 Å². The molecule has 0 spiro atoms. The number of halogens is 1. The Morgan fingerprint density at radius 3 is 2.80 bits per heavy atom. The summed E-state index contributed by atoms with van der Waals surface area (Å²) in [5, 5.41) is 0.783. The van der Waals surface area contributed by atoms with Gasteiger partial charge in [0.25, 0.3) is 0 Å². The van der Waals surface area contributed by atoms with Crippen LogP contribution in [0.2, 0.25) is 5.02 Å². The molecule has 0 aliphatic carbocycles. The van der Waals surface area contributed by atoms with Crippen molar-refractivity contribution in [1.82, 2.24) is 9.55 Å². The Hall–Kier alpha value is -1.71. The van der Waals surface area contributed by atoms with E-state index in [-0.39, 0.29) is 0 Å². The number of aromatic nitrogens is 2. The highest BCUT2D eigenvalue weighted by molar-refractivity contribution is 7.98. The van der Waals surface area contributed by atoms with Crippen LogP contribution in [0.1, 0.15) is 5.56 Å². The molecule has 3 aromatic rings. The molecule has 0 saturated carbocycles. The van der Waals surface area contributed by atoms with Crippen LogP contribution >= 0.6 is 23.4 Å². The number of hydrogen-bond donors (Lipinski definition) is 0. The van der Waals surface area contributed by atoms with Gasteiger partial charge in [-0.15, -0.1) is 11.8 Å². The standard InChI is InChI=1S/C16H13ClN2S/c17-14-5-3-4-13(10-14)11-20-16-7-2-1-6-15(16)19-9-8-18-12-19/h1-10,12H,11H2. The van der Waals surface area contributed by atoms with Crippen LogP contribution in [0, 0.1) is 0 Å². The molecule has 0 atom stereocenters. The predicted molar refractivity (Wildman–Crippen MR) is 84.6 cm³/mol. The number of rotatable bonds is 4. The monoisotopic (exact) mass is 300 g/mol. The lowest BCUT2D eigenvalue weighted by molar-refractivity contribution is 1.02. The van der Waals surface area contributed by atoms with Crippen molar-refractivity contribution in [3.63, 3.8) is 0 Å². The van der Waals surface area contributed by atoms with Crippen LogP contribution < -0.4 is 0 Å². The molecule has 3 rings (SSSR count). The summed E-state index contributed by atoms with van der Waals surface area (Å²) >= 11 is 7.82. The van der Waals surface area contributed by atoms with Gasteiger partial charge >= 0.3 is 0 Å². The Labute approximate surface area is 127 Å². The fourth-order valence-corrected chi connectivity index (χ4v) is 3.19. The molecule has 0 N–H and O–H groups in total. The zero-order chi connectivity index (χ0) is 13.8. The first-order chi connectivity index (χ1) is 9.83. The van der Waals surface area contributed by atoms with E-state index in [1.54, 1.807) is 18.0 Å². The molecule has 0 radical (unpaired) electrons. The molecule has 2 aromatic carbocycles. The van der Waals surface area contributed by atoms with Gasteiger partial charge in [0.1, 0.15) is 0 Å². The first-order valence-electron chi connectivity index (χ1n) is 6.27. The summed E-state index contributed by atoms with van der Waals surface area (Å²) < 4.78 is 2.03. The van der Waals surface area contributed by atoms with Gasteiger partial charge in [0.15, 0.2) is 0 Å². The number of para-hydroxylation sites is 1. The highest BCUT2D eigenvalue weighted by atomic mass is 35.5. The lowest BCUT2D eigenvalue weighted by Crippen LogP contribution is -1.92. The molecule has 20 heavy (non-hydrogen) atoms. The van der Waals surface area contributed by atoms with Gasteiger partial charge in [-0.25, -0.2) is 4.98 Å². The topological polar surface area (TPSA) is 17.8 Å². The molecule has 1 heterocycles. The van der Waals surface area contributed by atoms with Crippen molar-refractivity contribution in [2.24, 2.45) is 0 Å². The van der Waals surface area contributed by atoms with E-state index in [4.69, 9.17) is 11.6 Å². The third kappa shape index (κ3) is 3.06. The minimum atomic E-state index is 0.783. The van der Waals surface area contributed by atoms with Crippen LogP contribution in [0.4, 0.5) is 0 Å². The average Bonchev–Trinajstić information content (AvgIpc) is 3.00. The molecule has 0 unspecified atom stereocenters. The van der Waals surface area contributed by atoms with E-state index in [0.717, 1.165) is 16.5 Å². The SMILES string of the molecule is Clc1cccc(CSc2ccccc2-n2ccnc2)c1. The van der Waals surface area contributed by atoms with Crippen molar-refractivity contribution in [2.75, 3.05) is 0 Å². The Balaban J connectivity index is 1.81. The van der Waals surface area contributed by atoms with E-state index < -0.39 is 0 Å². The van der Waals surface area contributed by atoms with Gasteiger partial charge in [-0.1, -0.05) is 35.9 Å². The van der Waals surface area contributed by atoms with Gasteiger partial charge in [0.2, 0.25) is 0 Å². The van der Waals surface area contributed by atoms with Gasteiger partial charge in [-0.05, 0) is 29.8 Å². The minimum absolute atomic E-state index is 0.783. The number of nitrogens with zero attached hydrogens (tertiary/aromatic N) is 2. The molecule has 0 bridgehead atoms. The van der Waals surface area contributed by atoms with Crippen LogP contribution in [0.3, 0.4) is 0 Å². The van der Waals surface area contributed by atoms with Crippen LogP contribution in [-0.4, -0.2) is 9.55 Å². The van der Waals surface area contributed by atoms with Gasteiger partial charge < -0.3 is 4.57 Å². The van der Waals surface area contributed by atoms with E-state index in [9.17, 15) is 0 Å². The second-order valence-corrected chi connectivity index (χ2v) is 5.81. The van der Waals surface area contributed by atoms with Crippen molar-refractivity contribution in [3.05, 3.63) is 77.8 Å². The average molecular weight is 301 g/mol. The van der Waals surface area contributed by atoms with E-state index in [2.05, 4.69) is 29.2 Å². The molecule has 0 amide bonds. The molecule has 4 heteroatoms. The van der Waals surface area contributed by atoms with Crippen LogP contribution in [-0.2, 0) is 5.75 Å². The molecule has 100 valence electrons. The molecule has 0 fully saturated rings. The molecule has 0 aliphatic rings. The van der Waals surface area contributed by atoms with Crippen molar-refractivity contribution in [1.29, 1.82) is 0 Å². The number of thioether (sulfide) groups is 1. The minimum Gasteiger partial charge on any atom is -0.305 e. The summed E-state index contributed by atoms with van der Waals surface area (Å²) in [7, 11) is 0. The van der Waals surface area contributed by atoms with Crippen LogP contribution in [0.25, 0.3) is 5.69 Å². The lowest BCUT2D eigenvalue weighted by atomic mass is 10.2. The predicted octanol–water partition coefficient (Wildman–Crippen LogP) is 4.82. The van der Waals surface area contributed by atoms with Crippen molar-refractivity contribution in [3.8, 4) is 5.69 Å². The fourth-order valence-electron chi connectivity index (χ4n) is 1.98. The van der Waals surface area contributed by atoms with Crippen molar-refractivity contribution < 1.29 is 0 Å². The fraction of sp³-hybridized carbons (Fsp3) is 0.0625. The smallest absolute Gasteiger partial charge is 0.0992 e. The van der Waals surface area contributed by atoms with Gasteiger partial charge in [-0.3, -0.25) is 0 Å². The van der Waals surface area contributed by atoms with Crippen molar-refractivity contribution >= 4 is 23.4 Å². The molecule has 1 aromatic heterocycles. The normalized spacial score (nSPS) is 10.7. The zero-order valence-electron chi connectivity index (χ0n) is 10.7. The molecule has 0 aliphatic heterocycles. The first kappa shape index (κ1) is 13.3. The number of imidazole rings is 1. The summed E-state index contributed by atoms with van der Waals surface area (Å²) in [6.45, 7) is 0. The number of hydrogen-bond acceptors (Lipinski definition) is 2. The Morgan fingerprint density at radius 2 is 2.00 bits per heavy atom. The molecule has 0 saturated heterocycles. The number of benzene rings is 2. The Morgan fingerprint density at radius 1 is 1.10 bits per heavy atom. The molecular weight excluding hydrogens is 288 g/mol. The summed E-state index contributed by atoms with van der Waals surface area (Å²) in [6.07, 6.45) is 5.57.